The molecule has 1 aliphatic heterocycles. The van der Waals surface area contributed by atoms with Crippen molar-refractivity contribution in [2.24, 2.45) is 7.05 Å². The maximum Gasteiger partial charge on any atom is 0.255 e. The molecule has 2 aromatic rings. The minimum Gasteiger partial charge on any atom is -0.338 e. The van der Waals surface area contributed by atoms with Crippen LogP contribution in [0.25, 0.3) is 0 Å². The maximum absolute atomic E-state index is 12.7. The number of nitrogens with zero attached hydrogens (tertiary/aromatic N) is 3. The molecule has 1 aliphatic rings. The van der Waals surface area contributed by atoms with Crippen molar-refractivity contribution in [3.8, 4) is 0 Å². The van der Waals surface area contributed by atoms with Crippen molar-refractivity contribution in [3.05, 3.63) is 50.3 Å². The average molecular weight is 331 g/mol. The van der Waals surface area contributed by atoms with Gasteiger partial charge in [0.1, 0.15) is 0 Å². The Kier molecular flexibility index (Phi) is 4.61. The van der Waals surface area contributed by atoms with Gasteiger partial charge in [-0.3, -0.25) is 9.59 Å². The largest absolute Gasteiger partial charge is 0.338 e. The van der Waals surface area contributed by atoms with Gasteiger partial charge in [0.05, 0.1) is 16.3 Å². The molecule has 3 heterocycles. The number of aromatic nitrogens is 2. The molecule has 0 bridgehead atoms. The van der Waals surface area contributed by atoms with E-state index in [9.17, 15) is 9.59 Å². The van der Waals surface area contributed by atoms with E-state index in [1.165, 1.54) is 10.6 Å². The van der Waals surface area contributed by atoms with E-state index in [0.717, 1.165) is 36.5 Å². The van der Waals surface area contributed by atoms with Crippen molar-refractivity contribution in [1.82, 2.24) is 14.5 Å². The Morgan fingerprint density at radius 1 is 1.43 bits per heavy atom. The second-order valence-corrected chi connectivity index (χ2v) is 6.88. The molecule has 1 saturated heterocycles. The van der Waals surface area contributed by atoms with Gasteiger partial charge in [-0.2, -0.15) is 0 Å². The molecule has 0 aliphatic carbocycles. The van der Waals surface area contributed by atoms with Crippen molar-refractivity contribution >= 4 is 17.2 Å². The van der Waals surface area contributed by atoms with E-state index in [1.54, 1.807) is 30.6 Å². The molecule has 0 saturated carbocycles. The summed E-state index contributed by atoms with van der Waals surface area (Å²) < 4.78 is 1.45. The number of hydrogen-bond donors (Lipinski definition) is 0. The first kappa shape index (κ1) is 15.9. The number of piperidine rings is 1. The van der Waals surface area contributed by atoms with E-state index in [4.69, 9.17) is 0 Å². The molecule has 1 amide bonds. The summed E-state index contributed by atoms with van der Waals surface area (Å²) in [7, 11) is 1.67. The third-order valence-electron chi connectivity index (χ3n) is 4.32. The molecular weight excluding hydrogens is 310 g/mol. The second-order valence-electron chi connectivity index (χ2n) is 5.99. The van der Waals surface area contributed by atoms with E-state index in [2.05, 4.69) is 17.3 Å². The zero-order valence-corrected chi connectivity index (χ0v) is 14.3. The van der Waals surface area contributed by atoms with Crippen molar-refractivity contribution in [3.63, 3.8) is 0 Å². The second kappa shape index (κ2) is 6.66. The van der Waals surface area contributed by atoms with E-state index < -0.39 is 0 Å². The van der Waals surface area contributed by atoms with Crippen LogP contribution in [0.4, 0.5) is 0 Å². The molecule has 1 fully saturated rings. The Morgan fingerprint density at radius 3 is 2.96 bits per heavy atom. The highest BCUT2D eigenvalue weighted by Gasteiger charge is 2.27. The van der Waals surface area contributed by atoms with Crippen LogP contribution in [0.15, 0.2) is 28.5 Å². The van der Waals surface area contributed by atoms with Crippen LogP contribution in [0, 0.1) is 0 Å². The third-order valence-corrected chi connectivity index (χ3v) is 5.38. The van der Waals surface area contributed by atoms with E-state index in [0.29, 0.717) is 18.0 Å². The number of aryl methyl sites for hydroxylation is 2. The van der Waals surface area contributed by atoms with Gasteiger partial charge in [0.25, 0.3) is 5.91 Å². The molecule has 0 aromatic carbocycles. The summed E-state index contributed by atoms with van der Waals surface area (Å²) in [5, 5.41) is 3.25. The number of likely N-dealkylation sites (tertiary alicyclic amines) is 1. The van der Waals surface area contributed by atoms with E-state index in [-0.39, 0.29) is 11.5 Å². The molecular formula is C17H21N3O2S. The van der Waals surface area contributed by atoms with Crippen LogP contribution in [0.3, 0.4) is 0 Å². The van der Waals surface area contributed by atoms with Crippen LogP contribution in [-0.4, -0.2) is 33.4 Å². The van der Waals surface area contributed by atoms with Gasteiger partial charge in [-0.05, 0) is 25.3 Å². The van der Waals surface area contributed by atoms with Crippen molar-refractivity contribution < 1.29 is 4.79 Å². The van der Waals surface area contributed by atoms with Gasteiger partial charge in [0.2, 0.25) is 5.56 Å². The maximum atomic E-state index is 12.7. The van der Waals surface area contributed by atoms with Gasteiger partial charge in [0, 0.05) is 43.7 Å². The Labute approximate surface area is 139 Å². The third kappa shape index (κ3) is 3.37. The van der Waals surface area contributed by atoms with Crippen molar-refractivity contribution in [2.75, 3.05) is 13.1 Å². The van der Waals surface area contributed by atoms with Gasteiger partial charge in [0.15, 0.2) is 0 Å². The molecule has 0 radical (unpaired) electrons. The summed E-state index contributed by atoms with van der Waals surface area (Å²) in [6, 6.07) is 3.07. The number of hydrogen-bond acceptors (Lipinski definition) is 4. The van der Waals surface area contributed by atoms with Crippen LogP contribution in [0.5, 0.6) is 0 Å². The highest BCUT2D eigenvalue weighted by Crippen LogP contribution is 2.30. The summed E-state index contributed by atoms with van der Waals surface area (Å²) in [6.07, 6.45) is 4.63. The van der Waals surface area contributed by atoms with Crippen molar-refractivity contribution in [1.29, 1.82) is 0 Å². The fraction of sp³-hybridized carbons (Fsp3) is 0.471. The first-order valence-corrected chi connectivity index (χ1v) is 8.86. The molecule has 0 unspecified atom stereocenters. The molecule has 1 atom stereocenters. The standard InChI is InChI=1S/C17H21N3O2S/c1-3-14-11-23-16(18-14)12-5-4-8-20(10-12)17(22)13-6-7-15(21)19(2)9-13/h6-7,9,11-12H,3-5,8,10H2,1-2H3/t12-/m1/s1. The quantitative estimate of drug-likeness (QED) is 0.868. The molecule has 23 heavy (non-hydrogen) atoms. The lowest BCUT2D eigenvalue weighted by Crippen LogP contribution is -2.39. The number of thiazole rings is 1. The Morgan fingerprint density at radius 2 is 2.26 bits per heavy atom. The number of amides is 1. The minimum atomic E-state index is -0.104. The fourth-order valence-corrected chi connectivity index (χ4v) is 3.97. The van der Waals surface area contributed by atoms with Gasteiger partial charge >= 0.3 is 0 Å². The average Bonchev–Trinajstić information content (AvgIpc) is 3.06. The first-order chi connectivity index (χ1) is 11.1. The molecule has 3 rings (SSSR count). The van der Waals surface area contributed by atoms with E-state index in [1.807, 2.05) is 4.90 Å². The summed E-state index contributed by atoms with van der Waals surface area (Å²) in [5.41, 5.74) is 1.60. The lowest BCUT2D eigenvalue weighted by Gasteiger charge is -2.32. The highest BCUT2D eigenvalue weighted by molar-refractivity contribution is 7.09. The smallest absolute Gasteiger partial charge is 0.255 e. The Balaban J connectivity index is 1.76. The summed E-state index contributed by atoms with van der Waals surface area (Å²) >= 11 is 1.70. The van der Waals surface area contributed by atoms with Crippen LogP contribution < -0.4 is 5.56 Å². The lowest BCUT2D eigenvalue weighted by atomic mass is 9.98. The van der Waals surface area contributed by atoms with Crippen LogP contribution in [0.1, 0.15) is 46.7 Å². The number of pyridine rings is 1. The highest BCUT2D eigenvalue weighted by atomic mass is 32.1. The summed E-state index contributed by atoms with van der Waals surface area (Å²) in [6.45, 7) is 3.58. The van der Waals surface area contributed by atoms with Gasteiger partial charge in [-0.25, -0.2) is 4.98 Å². The van der Waals surface area contributed by atoms with Crippen LogP contribution >= 0.6 is 11.3 Å². The number of rotatable bonds is 3. The SMILES string of the molecule is CCc1csc([C@@H]2CCCN(C(=O)c3ccc(=O)n(C)c3)C2)n1. The molecule has 122 valence electrons. The Hall–Kier alpha value is -1.95. The molecule has 0 spiro atoms. The predicted molar refractivity (Wildman–Crippen MR) is 91.1 cm³/mol. The molecule has 6 heteroatoms. The Bertz CT molecular complexity index is 765. The van der Waals surface area contributed by atoms with E-state index >= 15 is 0 Å². The van der Waals surface area contributed by atoms with Gasteiger partial charge in [-0.15, -0.1) is 11.3 Å². The summed E-state index contributed by atoms with van der Waals surface area (Å²) in [5.74, 6) is 0.322. The minimum absolute atomic E-state index is 0.00225. The first-order valence-electron chi connectivity index (χ1n) is 7.98. The molecule has 2 aromatic heterocycles. The number of carbonyl (C=O) groups excluding carboxylic acids is 1. The van der Waals surface area contributed by atoms with Crippen LogP contribution in [-0.2, 0) is 13.5 Å². The normalized spacial score (nSPS) is 18.2. The topological polar surface area (TPSA) is 55.2 Å². The van der Waals surface area contributed by atoms with Gasteiger partial charge in [-0.1, -0.05) is 6.92 Å². The fourth-order valence-electron chi connectivity index (χ4n) is 2.94. The zero-order valence-electron chi connectivity index (χ0n) is 13.5. The van der Waals surface area contributed by atoms with Gasteiger partial charge < -0.3 is 9.47 Å². The summed E-state index contributed by atoms with van der Waals surface area (Å²) in [4.78, 5) is 30.7. The lowest BCUT2D eigenvalue weighted by molar-refractivity contribution is 0.0706. The van der Waals surface area contributed by atoms with Crippen LogP contribution in [0.2, 0.25) is 0 Å². The predicted octanol–water partition coefficient (Wildman–Crippen LogP) is 2.42. The molecule has 0 N–H and O–H groups in total. The monoisotopic (exact) mass is 331 g/mol. The number of carbonyl (C=O) groups is 1. The molecule has 5 nitrogen and oxygen atoms in total. The zero-order chi connectivity index (χ0) is 16.4. The van der Waals surface area contributed by atoms with Crippen molar-refractivity contribution in [2.45, 2.75) is 32.1 Å².